The molecule has 0 saturated heterocycles. The highest BCUT2D eigenvalue weighted by Crippen LogP contribution is 2.31. The SMILES string of the molecule is CC(c1ccccc1)c1c[nH]c2ccccc12.O=Cc1ccccc1.OC(c1ccccc1)c1c[nH]c2ccccc12.OC(c1ccccc1)c1c[nH]c2ccccc12.c1ccc2[nH]ccc2c1. The third-order valence-electron chi connectivity index (χ3n) is 11.8. The highest BCUT2D eigenvalue weighted by Gasteiger charge is 2.16. The van der Waals surface area contributed by atoms with Crippen molar-refractivity contribution in [3.8, 4) is 0 Å². The third-order valence-corrected chi connectivity index (χ3v) is 11.8. The Bertz CT molecular complexity index is 3070. The fraction of sp³-hybridized carbons (Fsp3) is 0.0656. The summed E-state index contributed by atoms with van der Waals surface area (Å²) in [7, 11) is 0. The zero-order chi connectivity index (χ0) is 46.9. The van der Waals surface area contributed by atoms with Crippen LogP contribution in [0.25, 0.3) is 43.6 Å². The predicted molar refractivity (Wildman–Crippen MR) is 280 cm³/mol. The zero-order valence-electron chi connectivity index (χ0n) is 37.8. The standard InChI is InChI=1S/C16H15N.2C15H13NO.C8H7N.C7H6O/c1-12(13-7-3-2-4-8-13)15-11-17-16-10-6-5-9-14(15)16;2*17-15(11-6-2-1-3-7-11)13-10-16-14-9-5-4-8-12(13)14;1-2-4-8-7(3-1)5-6-9-8;8-6-7-4-2-1-3-5-7/h2-12,17H,1H3;2*1-10,15-17H;1-6,9H;1-6H. The molecule has 0 radical (unpaired) electrons. The first-order valence-electron chi connectivity index (χ1n) is 22.7. The largest absolute Gasteiger partial charge is 0.384 e. The Morgan fingerprint density at radius 2 is 0.721 bits per heavy atom. The van der Waals surface area contributed by atoms with Crippen molar-refractivity contribution < 1.29 is 15.0 Å². The van der Waals surface area contributed by atoms with E-state index >= 15 is 0 Å². The summed E-state index contributed by atoms with van der Waals surface area (Å²) >= 11 is 0. The molecule has 0 aliphatic carbocycles. The van der Waals surface area contributed by atoms with Gasteiger partial charge in [-0.3, -0.25) is 4.79 Å². The monoisotopic (exact) mass is 890 g/mol. The van der Waals surface area contributed by atoms with Gasteiger partial charge in [0.25, 0.3) is 0 Å². The zero-order valence-corrected chi connectivity index (χ0v) is 37.8. The van der Waals surface area contributed by atoms with Crippen LogP contribution in [-0.2, 0) is 0 Å². The molecule has 4 aromatic heterocycles. The molecular weight excluding hydrogens is 837 g/mol. The van der Waals surface area contributed by atoms with Crippen molar-refractivity contribution in [3.05, 3.63) is 288 Å². The van der Waals surface area contributed by atoms with Crippen LogP contribution in [0, 0.1) is 0 Å². The number of fused-ring (bicyclic) bond motifs is 4. The number of carbonyl (C=O) groups is 1. The topological polar surface area (TPSA) is 121 Å². The van der Waals surface area contributed by atoms with E-state index in [1.807, 2.05) is 158 Å². The molecule has 336 valence electrons. The number of aliphatic hydroxyl groups excluding tert-OH is 2. The maximum absolute atomic E-state index is 10.4. The lowest BCUT2D eigenvalue weighted by atomic mass is 9.93. The van der Waals surface area contributed by atoms with Crippen LogP contribution in [0.1, 0.15) is 68.8 Å². The average Bonchev–Trinajstić information content (AvgIpc) is 4.26. The van der Waals surface area contributed by atoms with Crippen LogP contribution in [0.4, 0.5) is 0 Å². The number of rotatable bonds is 7. The van der Waals surface area contributed by atoms with Gasteiger partial charge in [0, 0.05) is 85.6 Å². The molecule has 68 heavy (non-hydrogen) atoms. The van der Waals surface area contributed by atoms with Gasteiger partial charge in [0.05, 0.1) is 0 Å². The summed E-state index contributed by atoms with van der Waals surface area (Å²) in [5.74, 6) is 0.423. The first kappa shape index (κ1) is 46.1. The van der Waals surface area contributed by atoms with Gasteiger partial charge >= 0.3 is 0 Å². The Balaban J connectivity index is 0.000000118. The number of aldehydes is 1. The molecule has 12 rings (SSSR count). The van der Waals surface area contributed by atoms with Gasteiger partial charge in [-0.1, -0.05) is 201 Å². The van der Waals surface area contributed by atoms with Crippen LogP contribution >= 0.6 is 0 Å². The van der Waals surface area contributed by atoms with Crippen LogP contribution < -0.4 is 0 Å². The van der Waals surface area contributed by atoms with Crippen molar-refractivity contribution in [1.29, 1.82) is 0 Å². The Hall–Kier alpha value is -8.49. The molecule has 7 nitrogen and oxygen atoms in total. The highest BCUT2D eigenvalue weighted by molar-refractivity contribution is 5.85. The molecule has 0 saturated carbocycles. The first-order chi connectivity index (χ1) is 33.5. The number of aromatic nitrogens is 4. The molecule has 3 unspecified atom stereocenters. The van der Waals surface area contributed by atoms with E-state index in [1.54, 1.807) is 12.1 Å². The molecule has 7 heteroatoms. The second kappa shape index (κ2) is 23.1. The lowest BCUT2D eigenvalue weighted by Gasteiger charge is -2.10. The molecule has 6 N–H and O–H groups in total. The molecule has 0 fully saturated rings. The molecule has 3 atom stereocenters. The Morgan fingerprint density at radius 3 is 1.15 bits per heavy atom. The number of aromatic amines is 4. The van der Waals surface area contributed by atoms with Crippen LogP contribution in [0.15, 0.2) is 249 Å². The Kier molecular flexibility index (Phi) is 15.7. The number of nitrogens with one attached hydrogen (secondary N) is 4. The lowest BCUT2D eigenvalue weighted by Crippen LogP contribution is -1.97. The summed E-state index contributed by atoms with van der Waals surface area (Å²) in [4.78, 5) is 22.8. The van der Waals surface area contributed by atoms with E-state index in [4.69, 9.17) is 0 Å². The minimum absolute atomic E-state index is 0.423. The number of aliphatic hydroxyl groups is 2. The number of benzene rings is 8. The van der Waals surface area contributed by atoms with Crippen LogP contribution in [0.3, 0.4) is 0 Å². The predicted octanol–water partition coefficient (Wildman–Crippen LogP) is 14.5. The van der Waals surface area contributed by atoms with Gasteiger partial charge in [0.1, 0.15) is 18.5 Å². The van der Waals surface area contributed by atoms with Gasteiger partial charge in [0.2, 0.25) is 0 Å². The maximum Gasteiger partial charge on any atom is 0.150 e. The minimum Gasteiger partial charge on any atom is -0.384 e. The van der Waals surface area contributed by atoms with Crippen molar-refractivity contribution in [1.82, 2.24) is 19.9 Å². The maximum atomic E-state index is 10.4. The molecular formula is C61H54N4O3. The second-order valence-electron chi connectivity index (χ2n) is 16.2. The van der Waals surface area contributed by atoms with Crippen molar-refractivity contribution >= 4 is 49.9 Å². The quantitative estimate of drug-likeness (QED) is 0.0894. The van der Waals surface area contributed by atoms with Crippen molar-refractivity contribution in [2.24, 2.45) is 0 Å². The second-order valence-corrected chi connectivity index (χ2v) is 16.2. The van der Waals surface area contributed by atoms with Crippen molar-refractivity contribution in [2.45, 2.75) is 25.0 Å². The summed E-state index contributed by atoms with van der Waals surface area (Å²) in [5, 5.41) is 25.5. The Morgan fingerprint density at radius 1 is 0.368 bits per heavy atom. The van der Waals surface area contributed by atoms with E-state index in [-0.39, 0.29) is 0 Å². The molecule has 0 aliphatic heterocycles. The fourth-order valence-electron chi connectivity index (χ4n) is 8.17. The fourth-order valence-corrected chi connectivity index (χ4v) is 8.17. The van der Waals surface area contributed by atoms with Crippen molar-refractivity contribution in [2.75, 3.05) is 0 Å². The summed E-state index contributed by atoms with van der Waals surface area (Å²) in [6.07, 6.45) is 7.51. The normalized spacial score (nSPS) is 11.9. The number of para-hydroxylation sites is 4. The number of hydrogen-bond acceptors (Lipinski definition) is 3. The summed E-state index contributed by atoms with van der Waals surface area (Å²) < 4.78 is 0. The van der Waals surface area contributed by atoms with E-state index in [0.29, 0.717) is 5.92 Å². The molecule has 12 aromatic rings. The first-order valence-corrected chi connectivity index (χ1v) is 22.7. The van der Waals surface area contributed by atoms with Gasteiger partial charge in [-0.2, -0.15) is 0 Å². The van der Waals surface area contributed by atoms with Gasteiger partial charge in [0.15, 0.2) is 0 Å². The number of hydrogen-bond donors (Lipinski definition) is 6. The molecule has 4 heterocycles. The molecule has 8 aromatic carbocycles. The summed E-state index contributed by atoms with van der Waals surface area (Å²) in [5.41, 5.74) is 11.7. The van der Waals surface area contributed by atoms with E-state index < -0.39 is 12.2 Å². The van der Waals surface area contributed by atoms with Gasteiger partial charge in [-0.15, -0.1) is 0 Å². The highest BCUT2D eigenvalue weighted by atomic mass is 16.3. The van der Waals surface area contributed by atoms with Crippen LogP contribution in [0.2, 0.25) is 0 Å². The van der Waals surface area contributed by atoms with Crippen LogP contribution in [0.5, 0.6) is 0 Å². The Labute approximate surface area is 396 Å². The van der Waals surface area contributed by atoms with Gasteiger partial charge in [-0.05, 0) is 58.0 Å². The number of H-pyrrole nitrogens is 4. The molecule has 0 amide bonds. The van der Waals surface area contributed by atoms with Crippen molar-refractivity contribution in [3.63, 3.8) is 0 Å². The molecule has 0 aliphatic rings. The van der Waals surface area contributed by atoms with Gasteiger partial charge in [-0.25, -0.2) is 0 Å². The lowest BCUT2D eigenvalue weighted by molar-refractivity contribution is 0.112. The third kappa shape index (κ3) is 11.5. The van der Waals surface area contributed by atoms with Crippen LogP contribution in [-0.4, -0.2) is 36.4 Å². The van der Waals surface area contributed by atoms with E-state index in [9.17, 15) is 15.0 Å². The summed E-state index contributed by atoms with van der Waals surface area (Å²) in [6, 6.07) is 73.9. The smallest absolute Gasteiger partial charge is 0.150 e. The summed E-state index contributed by atoms with van der Waals surface area (Å²) in [6.45, 7) is 2.25. The van der Waals surface area contributed by atoms with E-state index in [0.717, 1.165) is 55.9 Å². The van der Waals surface area contributed by atoms with Gasteiger partial charge < -0.3 is 30.1 Å². The average molecular weight is 891 g/mol. The minimum atomic E-state index is -0.577. The molecule has 0 bridgehead atoms. The van der Waals surface area contributed by atoms with E-state index in [1.165, 1.54) is 32.9 Å². The molecule has 0 spiro atoms. The van der Waals surface area contributed by atoms with E-state index in [2.05, 4.69) is 106 Å². The number of carbonyl (C=O) groups excluding carboxylic acids is 1.